The summed E-state index contributed by atoms with van der Waals surface area (Å²) < 4.78 is 5.45. The molecule has 0 amide bonds. The lowest BCUT2D eigenvalue weighted by molar-refractivity contribution is 0.460. The largest absolute Gasteiger partial charge is 0.505 e. The van der Waals surface area contributed by atoms with Crippen LogP contribution in [0, 0.1) is 0 Å². The van der Waals surface area contributed by atoms with Gasteiger partial charge in [-0.05, 0) is 0 Å². The van der Waals surface area contributed by atoms with Crippen LogP contribution in [0.1, 0.15) is 0 Å². The van der Waals surface area contributed by atoms with Crippen LogP contribution in [-0.4, -0.2) is 10.2 Å². The van der Waals surface area contributed by atoms with E-state index >= 15 is 0 Å². The Morgan fingerprint density at radius 3 is 1.29 bits per heavy atom. The van der Waals surface area contributed by atoms with Gasteiger partial charge in [-0.15, -0.1) is 0 Å². The van der Waals surface area contributed by atoms with Gasteiger partial charge >= 0.3 is 0 Å². The van der Waals surface area contributed by atoms with Crippen molar-refractivity contribution < 1.29 is 14.9 Å². The van der Waals surface area contributed by atoms with Crippen LogP contribution in [0.25, 0.3) is 0 Å². The van der Waals surface area contributed by atoms with Gasteiger partial charge in [0, 0.05) is 12.1 Å². The molecule has 0 fully saturated rings. The standard InChI is InChI=1S/C12H4Cl6O3/c13-3-1-5(7(15)9(17)11(3)19)21-6-2-4(14)12(20)10(18)8(6)16/h1-2,19-20H. The third-order valence-corrected chi connectivity index (χ3v) is 4.68. The molecule has 0 spiro atoms. The number of rotatable bonds is 2. The number of benzene rings is 2. The summed E-state index contributed by atoms with van der Waals surface area (Å²) in [4.78, 5) is 0. The van der Waals surface area contributed by atoms with Gasteiger partial charge in [-0.1, -0.05) is 69.6 Å². The first kappa shape index (κ1) is 16.9. The Kier molecular flexibility index (Phi) is 5.14. The van der Waals surface area contributed by atoms with Crippen molar-refractivity contribution in [2.45, 2.75) is 0 Å². The molecule has 0 aliphatic carbocycles. The summed E-state index contributed by atoms with van der Waals surface area (Å²) in [6.45, 7) is 0. The smallest absolute Gasteiger partial charge is 0.154 e. The van der Waals surface area contributed by atoms with Gasteiger partial charge in [0.25, 0.3) is 0 Å². The van der Waals surface area contributed by atoms with Gasteiger partial charge in [0.05, 0.1) is 10.0 Å². The summed E-state index contributed by atoms with van der Waals surface area (Å²) in [5.41, 5.74) is 0. The molecule has 2 N–H and O–H groups in total. The normalized spacial score (nSPS) is 10.8. The molecule has 0 atom stereocenters. The van der Waals surface area contributed by atoms with Gasteiger partial charge in [-0.2, -0.15) is 0 Å². The van der Waals surface area contributed by atoms with E-state index in [1.54, 1.807) is 0 Å². The maximum absolute atomic E-state index is 9.55. The molecule has 0 radical (unpaired) electrons. The van der Waals surface area contributed by atoms with Crippen molar-refractivity contribution in [1.82, 2.24) is 0 Å². The van der Waals surface area contributed by atoms with Gasteiger partial charge in [0.2, 0.25) is 0 Å². The minimum absolute atomic E-state index is 0.0317. The fourth-order valence-corrected chi connectivity index (χ4v) is 2.63. The lowest BCUT2D eigenvalue weighted by Gasteiger charge is -2.13. The zero-order valence-corrected chi connectivity index (χ0v) is 14.3. The van der Waals surface area contributed by atoms with E-state index in [0.717, 1.165) is 0 Å². The minimum Gasteiger partial charge on any atom is -0.505 e. The highest BCUT2D eigenvalue weighted by atomic mass is 35.5. The molecule has 0 aliphatic heterocycles. The summed E-state index contributed by atoms with van der Waals surface area (Å²) in [5.74, 6) is -0.680. The minimum atomic E-state index is -0.372. The highest BCUT2D eigenvalue weighted by Gasteiger charge is 2.19. The number of phenols is 2. The Morgan fingerprint density at radius 1 is 0.619 bits per heavy atom. The maximum Gasteiger partial charge on any atom is 0.154 e. The molecule has 2 rings (SSSR count). The van der Waals surface area contributed by atoms with Gasteiger partial charge in [-0.3, -0.25) is 0 Å². The average Bonchev–Trinajstić information content (AvgIpc) is 2.45. The van der Waals surface area contributed by atoms with Gasteiger partial charge in [0.15, 0.2) is 11.5 Å². The second-order valence-corrected chi connectivity index (χ2v) is 6.09. The van der Waals surface area contributed by atoms with Crippen LogP contribution in [0.4, 0.5) is 0 Å². The van der Waals surface area contributed by atoms with Gasteiger partial charge < -0.3 is 14.9 Å². The SMILES string of the molecule is Oc1c(Cl)cc(Oc2cc(Cl)c(O)c(Cl)c2Cl)c(Cl)c1Cl. The first-order valence-corrected chi connectivity index (χ1v) is 7.41. The quantitative estimate of drug-likeness (QED) is 0.536. The predicted octanol–water partition coefficient (Wildman–Crippen LogP) is 6.81. The van der Waals surface area contributed by atoms with Crippen molar-refractivity contribution in [3.8, 4) is 23.0 Å². The van der Waals surface area contributed by atoms with E-state index in [-0.39, 0.29) is 53.1 Å². The van der Waals surface area contributed by atoms with Crippen molar-refractivity contribution in [2.24, 2.45) is 0 Å². The van der Waals surface area contributed by atoms with E-state index in [1.165, 1.54) is 12.1 Å². The van der Waals surface area contributed by atoms with Crippen LogP contribution < -0.4 is 4.74 Å². The molecule has 9 heteroatoms. The van der Waals surface area contributed by atoms with Crippen LogP contribution >= 0.6 is 69.6 Å². The van der Waals surface area contributed by atoms with E-state index in [4.69, 9.17) is 74.3 Å². The van der Waals surface area contributed by atoms with Crippen LogP contribution in [-0.2, 0) is 0 Å². The van der Waals surface area contributed by atoms with Crippen molar-refractivity contribution >= 4 is 69.6 Å². The van der Waals surface area contributed by atoms with E-state index < -0.39 is 0 Å². The number of hydrogen-bond acceptors (Lipinski definition) is 3. The Hall–Kier alpha value is -0.420. The molecule has 0 aromatic heterocycles. The van der Waals surface area contributed by atoms with Crippen LogP contribution in [0.15, 0.2) is 12.1 Å². The average molecular weight is 409 g/mol. The molecule has 0 aliphatic rings. The van der Waals surface area contributed by atoms with Crippen molar-refractivity contribution in [1.29, 1.82) is 0 Å². The number of aromatic hydroxyl groups is 2. The summed E-state index contributed by atoms with van der Waals surface area (Å²) in [7, 11) is 0. The zero-order valence-electron chi connectivity index (χ0n) is 9.73. The molecule has 21 heavy (non-hydrogen) atoms. The van der Waals surface area contributed by atoms with Crippen molar-refractivity contribution in [3.63, 3.8) is 0 Å². The topological polar surface area (TPSA) is 49.7 Å². The van der Waals surface area contributed by atoms with Gasteiger partial charge in [-0.25, -0.2) is 0 Å². The lowest BCUT2D eigenvalue weighted by Crippen LogP contribution is -1.89. The highest BCUT2D eigenvalue weighted by molar-refractivity contribution is 6.46. The fraction of sp³-hybridized carbons (Fsp3) is 0. The molecule has 0 bridgehead atoms. The number of phenolic OH excluding ortho intramolecular Hbond substituents is 2. The van der Waals surface area contributed by atoms with Crippen LogP contribution in [0.5, 0.6) is 23.0 Å². The molecule has 2 aromatic rings. The predicted molar refractivity (Wildman–Crippen MR) is 86.3 cm³/mol. The summed E-state index contributed by atoms with van der Waals surface area (Å²) in [6.07, 6.45) is 0. The Morgan fingerprint density at radius 2 is 0.952 bits per heavy atom. The summed E-state index contributed by atoms with van der Waals surface area (Å²) >= 11 is 35.1. The molecular formula is C12H4Cl6O3. The Labute approximate surface area is 149 Å². The van der Waals surface area contributed by atoms with Crippen molar-refractivity contribution in [2.75, 3.05) is 0 Å². The van der Waals surface area contributed by atoms with Crippen LogP contribution in [0.2, 0.25) is 30.1 Å². The van der Waals surface area contributed by atoms with E-state index in [1.807, 2.05) is 0 Å². The Balaban J connectivity index is 2.54. The first-order chi connectivity index (χ1) is 9.73. The van der Waals surface area contributed by atoms with Gasteiger partial charge in [0.1, 0.15) is 31.6 Å². The third-order valence-electron chi connectivity index (χ3n) is 2.42. The van der Waals surface area contributed by atoms with Crippen LogP contribution in [0.3, 0.4) is 0 Å². The number of halogens is 6. The van der Waals surface area contributed by atoms with Crippen molar-refractivity contribution in [3.05, 3.63) is 42.3 Å². The first-order valence-electron chi connectivity index (χ1n) is 5.14. The molecule has 3 nitrogen and oxygen atoms in total. The highest BCUT2D eigenvalue weighted by Crippen LogP contribution is 2.48. The molecular weight excluding hydrogens is 405 g/mol. The lowest BCUT2D eigenvalue weighted by atomic mass is 10.3. The zero-order chi connectivity index (χ0) is 15.9. The molecule has 2 aromatic carbocycles. The molecule has 112 valence electrons. The molecule has 0 heterocycles. The number of hydrogen-bond donors (Lipinski definition) is 2. The second kappa shape index (κ2) is 6.37. The summed E-state index contributed by atoms with van der Waals surface area (Å²) in [6, 6.07) is 2.49. The molecule has 0 saturated heterocycles. The van der Waals surface area contributed by atoms with E-state index in [0.29, 0.717) is 0 Å². The monoisotopic (exact) mass is 406 g/mol. The second-order valence-electron chi connectivity index (χ2n) is 3.77. The fourth-order valence-electron chi connectivity index (χ4n) is 1.39. The van der Waals surface area contributed by atoms with E-state index in [2.05, 4.69) is 0 Å². The third kappa shape index (κ3) is 3.19. The number of ether oxygens (including phenoxy) is 1. The summed E-state index contributed by atoms with van der Waals surface area (Å²) in [5, 5.41) is 18.5. The Bertz CT molecular complexity index is 670. The molecule has 0 unspecified atom stereocenters. The van der Waals surface area contributed by atoms with E-state index in [9.17, 15) is 10.2 Å². The maximum atomic E-state index is 9.55. The molecule has 0 saturated carbocycles.